The highest BCUT2D eigenvalue weighted by atomic mass is 32.2. The Morgan fingerprint density at radius 3 is 2.41 bits per heavy atom. The lowest BCUT2D eigenvalue weighted by molar-refractivity contribution is 0.0105. The van der Waals surface area contributed by atoms with Crippen LogP contribution in [0.3, 0.4) is 0 Å². The third kappa shape index (κ3) is 5.21. The van der Waals surface area contributed by atoms with Gasteiger partial charge in [0.25, 0.3) is 0 Å². The molecule has 29 heavy (non-hydrogen) atoms. The van der Waals surface area contributed by atoms with Gasteiger partial charge >= 0.3 is 6.09 Å². The molecule has 2 aliphatic rings. The lowest BCUT2D eigenvalue weighted by Gasteiger charge is -2.31. The van der Waals surface area contributed by atoms with E-state index in [1.54, 1.807) is 9.80 Å². The molecule has 8 nitrogen and oxygen atoms in total. The molecule has 0 N–H and O–H groups in total. The van der Waals surface area contributed by atoms with Gasteiger partial charge in [-0.3, -0.25) is 4.21 Å². The van der Waals surface area contributed by atoms with Crippen LogP contribution in [0.5, 0.6) is 0 Å². The van der Waals surface area contributed by atoms with E-state index in [1.807, 2.05) is 0 Å². The van der Waals surface area contributed by atoms with E-state index in [4.69, 9.17) is 9.57 Å². The van der Waals surface area contributed by atoms with Crippen molar-refractivity contribution in [1.29, 1.82) is 0 Å². The highest BCUT2D eigenvalue weighted by molar-refractivity contribution is 7.79. The number of oxime groups is 1. The number of amides is 1. The zero-order chi connectivity index (χ0) is 21.0. The van der Waals surface area contributed by atoms with Crippen molar-refractivity contribution >= 4 is 28.6 Å². The van der Waals surface area contributed by atoms with Gasteiger partial charge < -0.3 is 23.9 Å². The van der Waals surface area contributed by atoms with Crippen molar-refractivity contribution in [2.24, 2.45) is 5.16 Å². The quantitative estimate of drug-likeness (QED) is 0.538. The molecule has 0 saturated carbocycles. The second-order valence-corrected chi connectivity index (χ2v) is 7.78. The van der Waals surface area contributed by atoms with Gasteiger partial charge in [0.15, 0.2) is 0 Å². The number of methoxy groups -OCH3 is 1. The predicted octanol–water partition coefficient (Wildman–Crippen LogP) is 2.41. The van der Waals surface area contributed by atoms with Crippen LogP contribution < -0.4 is 4.90 Å². The summed E-state index contributed by atoms with van der Waals surface area (Å²) in [7, 11) is 1.35. The maximum atomic E-state index is 14.2. The van der Waals surface area contributed by atoms with Crippen molar-refractivity contribution in [3.05, 3.63) is 23.8 Å². The number of carbonyl (C=O) groups excluding carboxylic acids is 1. The van der Waals surface area contributed by atoms with Crippen molar-refractivity contribution < 1.29 is 31.9 Å². The number of piperidine rings is 2. The third-order valence-corrected chi connectivity index (χ3v) is 5.74. The number of halogens is 2. The average Bonchev–Trinajstić information content (AvgIpc) is 2.73. The monoisotopic (exact) mass is 430 g/mol. The minimum absolute atomic E-state index is 0.0341. The number of ether oxygens (including phenoxy) is 1. The summed E-state index contributed by atoms with van der Waals surface area (Å²) in [6.45, 7) is 1.92. The third-order valence-electron chi connectivity index (χ3n) is 5.07. The first-order chi connectivity index (χ1) is 13.9. The standard InChI is InChI=1S/C18H23F2N3O5S/c1-27-18(24)23-8-4-13(5-9-23)28-21-12-2-6-22(7-3-12)16-10-15(20)17(29(25)26)11-14(16)19/h10-11,13H,2-9H2,1H3,(H,25,26)/p-1. The summed E-state index contributed by atoms with van der Waals surface area (Å²) in [5.41, 5.74) is 0.863. The van der Waals surface area contributed by atoms with E-state index in [0.717, 1.165) is 11.8 Å². The van der Waals surface area contributed by atoms with Crippen LogP contribution in [0, 0.1) is 11.6 Å². The molecule has 2 saturated heterocycles. The van der Waals surface area contributed by atoms with E-state index in [-0.39, 0.29) is 17.9 Å². The van der Waals surface area contributed by atoms with E-state index in [1.165, 1.54) is 7.11 Å². The van der Waals surface area contributed by atoms with Crippen molar-refractivity contribution in [2.75, 3.05) is 38.2 Å². The molecular formula is C18H22F2N3O5S-. The number of rotatable bonds is 4. The van der Waals surface area contributed by atoms with Gasteiger partial charge in [0.2, 0.25) is 0 Å². The Balaban J connectivity index is 1.51. The Hall–Kier alpha value is -2.27. The van der Waals surface area contributed by atoms with Gasteiger partial charge in [-0.25, -0.2) is 13.6 Å². The highest BCUT2D eigenvalue weighted by Crippen LogP contribution is 2.27. The van der Waals surface area contributed by atoms with E-state index >= 15 is 0 Å². The normalized spacial score (nSPS) is 19.1. The molecule has 11 heteroatoms. The number of carbonyl (C=O) groups is 1. The van der Waals surface area contributed by atoms with E-state index in [9.17, 15) is 22.3 Å². The van der Waals surface area contributed by atoms with Crippen LogP contribution in [-0.4, -0.2) is 64.9 Å². The molecule has 1 amide bonds. The van der Waals surface area contributed by atoms with Crippen LogP contribution >= 0.6 is 0 Å². The first kappa shape index (κ1) is 21.4. The number of anilines is 1. The smallest absolute Gasteiger partial charge is 0.409 e. The fourth-order valence-corrected chi connectivity index (χ4v) is 3.82. The van der Waals surface area contributed by atoms with Gasteiger partial charge in [-0.15, -0.1) is 0 Å². The van der Waals surface area contributed by atoms with Gasteiger partial charge in [0, 0.05) is 57.9 Å². The van der Waals surface area contributed by atoms with E-state index in [0.29, 0.717) is 57.9 Å². The number of likely N-dealkylation sites (tertiary alicyclic amines) is 1. The van der Waals surface area contributed by atoms with Crippen LogP contribution in [0.1, 0.15) is 25.7 Å². The van der Waals surface area contributed by atoms with Crippen molar-refractivity contribution in [1.82, 2.24) is 4.90 Å². The maximum Gasteiger partial charge on any atom is 0.409 e. The van der Waals surface area contributed by atoms with Crippen molar-refractivity contribution in [3.63, 3.8) is 0 Å². The molecule has 0 spiro atoms. The molecule has 2 heterocycles. The first-order valence-electron chi connectivity index (χ1n) is 9.26. The van der Waals surface area contributed by atoms with Crippen LogP contribution in [0.2, 0.25) is 0 Å². The van der Waals surface area contributed by atoms with Gasteiger partial charge in [0.05, 0.1) is 23.4 Å². The van der Waals surface area contributed by atoms with Crippen molar-refractivity contribution in [3.8, 4) is 0 Å². The molecule has 3 rings (SSSR count). The van der Waals surface area contributed by atoms with Crippen LogP contribution in [0.25, 0.3) is 0 Å². The number of benzene rings is 1. The minimum atomic E-state index is -2.83. The molecule has 0 aromatic heterocycles. The van der Waals surface area contributed by atoms with Gasteiger partial charge in [-0.2, -0.15) is 0 Å². The molecule has 1 unspecified atom stereocenters. The fourth-order valence-electron chi connectivity index (χ4n) is 3.41. The molecule has 1 aromatic rings. The highest BCUT2D eigenvalue weighted by Gasteiger charge is 2.25. The first-order valence-corrected chi connectivity index (χ1v) is 10.3. The second kappa shape index (κ2) is 9.49. The molecule has 0 radical (unpaired) electrons. The SMILES string of the molecule is COC(=O)N1CCC(ON=C2CCN(c3cc(F)c(S(=O)[O-])cc3F)CC2)CC1. The Labute approximate surface area is 169 Å². The topological polar surface area (TPSA) is 94.5 Å². The Kier molecular flexibility index (Phi) is 7.01. The van der Waals surface area contributed by atoms with Gasteiger partial charge in [0.1, 0.15) is 17.7 Å². The number of hydrogen-bond donors (Lipinski definition) is 0. The Morgan fingerprint density at radius 1 is 1.17 bits per heavy atom. The molecule has 1 aromatic carbocycles. The zero-order valence-electron chi connectivity index (χ0n) is 15.9. The average molecular weight is 430 g/mol. The summed E-state index contributed by atoms with van der Waals surface area (Å²) in [5, 5.41) is 4.21. The molecule has 0 bridgehead atoms. The maximum absolute atomic E-state index is 14.2. The predicted molar refractivity (Wildman–Crippen MR) is 101 cm³/mol. The lowest BCUT2D eigenvalue weighted by atomic mass is 10.1. The van der Waals surface area contributed by atoms with E-state index in [2.05, 4.69) is 5.16 Å². The van der Waals surface area contributed by atoms with Crippen LogP contribution in [0.15, 0.2) is 22.2 Å². The van der Waals surface area contributed by atoms with Crippen LogP contribution in [-0.2, 0) is 20.7 Å². The summed E-state index contributed by atoms with van der Waals surface area (Å²) in [5.74, 6) is -1.75. The molecule has 1 atom stereocenters. The van der Waals surface area contributed by atoms with Gasteiger partial charge in [-0.05, 0) is 17.1 Å². The summed E-state index contributed by atoms with van der Waals surface area (Å²) >= 11 is -2.83. The Morgan fingerprint density at radius 2 is 1.83 bits per heavy atom. The molecule has 160 valence electrons. The Bertz CT molecular complexity index is 805. The lowest BCUT2D eigenvalue weighted by Crippen LogP contribution is -2.40. The summed E-state index contributed by atoms with van der Waals surface area (Å²) in [6.07, 6.45) is 1.95. The van der Waals surface area contributed by atoms with Crippen molar-refractivity contribution in [2.45, 2.75) is 36.7 Å². The number of hydrogen-bond acceptors (Lipinski definition) is 7. The van der Waals surface area contributed by atoms with Gasteiger partial charge in [-0.1, -0.05) is 5.16 Å². The molecule has 2 aliphatic heterocycles. The molecule has 2 fully saturated rings. The molecular weight excluding hydrogens is 408 g/mol. The fraction of sp³-hybridized carbons (Fsp3) is 0.556. The minimum Gasteiger partial charge on any atom is -0.768 e. The number of nitrogens with zero attached hydrogens (tertiary/aromatic N) is 3. The summed E-state index contributed by atoms with van der Waals surface area (Å²) in [4.78, 5) is 19.7. The van der Waals surface area contributed by atoms with Crippen LogP contribution in [0.4, 0.5) is 19.3 Å². The summed E-state index contributed by atoms with van der Waals surface area (Å²) < 4.78 is 54.6. The summed E-state index contributed by atoms with van der Waals surface area (Å²) in [6, 6.07) is 1.61. The van der Waals surface area contributed by atoms with E-state index < -0.39 is 27.6 Å². The second-order valence-electron chi connectivity index (χ2n) is 6.88. The molecule has 0 aliphatic carbocycles. The zero-order valence-corrected chi connectivity index (χ0v) is 16.8. The largest absolute Gasteiger partial charge is 0.768 e.